The first-order valence-corrected chi connectivity index (χ1v) is 6.06. The lowest BCUT2D eigenvalue weighted by Gasteiger charge is -2.20. The van der Waals surface area contributed by atoms with Crippen LogP contribution in [0.25, 0.3) is 0 Å². The van der Waals surface area contributed by atoms with E-state index < -0.39 is 0 Å². The highest BCUT2D eigenvalue weighted by molar-refractivity contribution is 5.17. The number of pyridine rings is 1. The van der Waals surface area contributed by atoms with Crippen LogP contribution in [-0.4, -0.2) is 28.6 Å². The second-order valence-electron chi connectivity index (χ2n) is 4.85. The standard InChI is InChI=1S/C13H20N2O/c1-15(9-11-4-2-3-5-11)10-12-6-7-13(16)8-14-12/h6-8,11,16H,2-5,9-10H2,1H3. The fraction of sp³-hybridized carbons (Fsp3) is 0.615. The Labute approximate surface area is 97.1 Å². The molecule has 0 atom stereocenters. The van der Waals surface area contributed by atoms with Gasteiger partial charge in [0.25, 0.3) is 0 Å². The van der Waals surface area contributed by atoms with E-state index in [0.29, 0.717) is 0 Å². The van der Waals surface area contributed by atoms with Crippen LogP contribution in [0.3, 0.4) is 0 Å². The summed E-state index contributed by atoms with van der Waals surface area (Å²) in [5.41, 5.74) is 1.03. The normalized spacial score (nSPS) is 17.1. The minimum atomic E-state index is 0.238. The Hall–Kier alpha value is -1.09. The summed E-state index contributed by atoms with van der Waals surface area (Å²) in [7, 11) is 2.15. The molecule has 16 heavy (non-hydrogen) atoms. The third-order valence-electron chi connectivity index (χ3n) is 3.29. The Balaban J connectivity index is 1.81. The molecule has 1 aromatic rings. The molecule has 3 heteroatoms. The summed E-state index contributed by atoms with van der Waals surface area (Å²) in [6.45, 7) is 2.04. The van der Waals surface area contributed by atoms with Gasteiger partial charge in [0, 0.05) is 13.1 Å². The Kier molecular flexibility index (Phi) is 3.78. The first-order chi connectivity index (χ1) is 7.74. The summed E-state index contributed by atoms with van der Waals surface area (Å²) in [5.74, 6) is 1.12. The molecule has 1 fully saturated rings. The van der Waals surface area contributed by atoms with Crippen molar-refractivity contribution >= 4 is 0 Å². The highest BCUT2D eigenvalue weighted by atomic mass is 16.3. The average molecular weight is 220 g/mol. The predicted molar refractivity (Wildman–Crippen MR) is 64.2 cm³/mol. The Morgan fingerprint density at radius 1 is 1.38 bits per heavy atom. The maximum atomic E-state index is 9.14. The monoisotopic (exact) mass is 220 g/mol. The van der Waals surface area contributed by atoms with Crippen molar-refractivity contribution in [3.8, 4) is 5.75 Å². The van der Waals surface area contributed by atoms with E-state index in [4.69, 9.17) is 5.11 Å². The van der Waals surface area contributed by atoms with Crippen molar-refractivity contribution in [1.29, 1.82) is 0 Å². The zero-order valence-corrected chi connectivity index (χ0v) is 9.89. The summed E-state index contributed by atoms with van der Waals surface area (Å²) in [6.07, 6.45) is 7.07. The van der Waals surface area contributed by atoms with Crippen LogP contribution in [0.15, 0.2) is 18.3 Å². The molecule has 0 spiro atoms. The van der Waals surface area contributed by atoms with Gasteiger partial charge < -0.3 is 10.0 Å². The lowest BCUT2D eigenvalue weighted by atomic mass is 10.1. The first kappa shape index (κ1) is 11.4. The van der Waals surface area contributed by atoms with E-state index >= 15 is 0 Å². The molecule has 1 aliphatic carbocycles. The Morgan fingerprint density at radius 3 is 2.75 bits per heavy atom. The van der Waals surface area contributed by atoms with Crippen molar-refractivity contribution in [1.82, 2.24) is 9.88 Å². The zero-order chi connectivity index (χ0) is 11.4. The van der Waals surface area contributed by atoms with Gasteiger partial charge in [-0.25, -0.2) is 0 Å². The van der Waals surface area contributed by atoms with Gasteiger partial charge in [-0.3, -0.25) is 4.98 Å². The van der Waals surface area contributed by atoms with Gasteiger partial charge in [-0.15, -0.1) is 0 Å². The van der Waals surface area contributed by atoms with Crippen LogP contribution in [0, 0.1) is 5.92 Å². The molecule has 1 saturated carbocycles. The first-order valence-electron chi connectivity index (χ1n) is 6.06. The minimum Gasteiger partial charge on any atom is -0.506 e. The smallest absolute Gasteiger partial charge is 0.133 e. The molecule has 0 amide bonds. The van der Waals surface area contributed by atoms with Crippen molar-refractivity contribution in [2.24, 2.45) is 5.92 Å². The molecule has 1 N–H and O–H groups in total. The minimum absolute atomic E-state index is 0.238. The van der Waals surface area contributed by atoms with E-state index in [9.17, 15) is 0 Å². The van der Waals surface area contributed by atoms with Crippen molar-refractivity contribution in [2.45, 2.75) is 32.2 Å². The third kappa shape index (κ3) is 3.20. The molecule has 0 saturated heterocycles. The lowest BCUT2D eigenvalue weighted by molar-refractivity contribution is 0.268. The fourth-order valence-electron chi connectivity index (χ4n) is 2.49. The van der Waals surface area contributed by atoms with Crippen LogP contribution in [0.1, 0.15) is 31.4 Å². The topological polar surface area (TPSA) is 36.4 Å². The van der Waals surface area contributed by atoms with Crippen LogP contribution >= 0.6 is 0 Å². The van der Waals surface area contributed by atoms with Gasteiger partial charge in [0.05, 0.1) is 11.9 Å². The van der Waals surface area contributed by atoms with E-state index in [0.717, 1.165) is 18.2 Å². The van der Waals surface area contributed by atoms with Crippen molar-refractivity contribution in [2.75, 3.05) is 13.6 Å². The molecule has 0 radical (unpaired) electrons. The highest BCUT2D eigenvalue weighted by Crippen LogP contribution is 2.25. The number of nitrogens with zero attached hydrogens (tertiary/aromatic N) is 2. The number of hydrogen-bond donors (Lipinski definition) is 1. The van der Waals surface area contributed by atoms with Gasteiger partial charge in [-0.05, 0) is 37.9 Å². The van der Waals surface area contributed by atoms with Gasteiger partial charge in [-0.2, -0.15) is 0 Å². The van der Waals surface area contributed by atoms with E-state index in [1.165, 1.54) is 38.4 Å². The summed E-state index contributed by atoms with van der Waals surface area (Å²) in [4.78, 5) is 6.53. The second-order valence-corrected chi connectivity index (χ2v) is 4.85. The summed E-state index contributed by atoms with van der Waals surface area (Å²) < 4.78 is 0. The summed E-state index contributed by atoms with van der Waals surface area (Å²) in [5, 5.41) is 9.14. The van der Waals surface area contributed by atoms with Gasteiger partial charge in [-0.1, -0.05) is 12.8 Å². The highest BCUT2D eigenvalue weighted by Gasteiger charge is 2.16. The van der Waals surface area contributed by atoms with Crippen molar-refractivity contribution < 1.29 is 5.11 Å². The predicted octanol–water partition coefficient (Wildman–Crippen LogP) is 2.41. The van der Waals surface area contributed by atoms with Gasteiger partial charge in [0.2, 0.25) is 0 Å². The molecule has 1 aromatic heterocycles. The number of aromatic hydroxyl groups is 1. The van der Waals surface area contributed by atoms with Crippen molar-refractivity contribution in [3.63, 3.8) is 0 Å². The molecule has 0 bridgehead atoms. The fourth-order valence-corrected chi connectivity index (χ4v) is 2.49. The van der Waals surface area contributed by atoms with Crippen LogP contribution < -0.4 is 0 Å². The van der Waals surface area contributed by atoms with E-state index in [2.05, 4.69) is 16.9 Å². The quantitative estimate of drug-likeness (QED) is 0.846. The van der Waals surface area contributed by atoms with Crippen LogP contribution in [0.4, 0.5) is 0 Å². The summed E-state index contributed by atoms with van der Waals surface area (Å²) in [6, 6.07) is 3.59. The Morgan fingerprint density at radius 2 is 2.12 bits per heavy atom. The SMILES string of the molecule is CN(Cc1ccc(O)cn1)CC1CCCC1. The largest absolute Gasteiger partial charge is 0.506 e. The van der Waals surface area contributed by atoms with E-state index in [-0.39, 0.29) is 5.75 Å². The van der Waals surface area contributed by atoms with E-state index in [1.54, 1.807) is 6.07 Å². The molecule has 88 valence electrons. The summed E-state index contributed by atoms with van der Waals surface area (Å²) >= 11 is 0. The third-order valence-corrected chi connectivity index (χ3v) is 3.29. The van der Waals surface area contributed by atoms with Crippen LogP contribution in [0.2, 0.25) is 0 Å². The number of rotatable bonds is 4. The zero-order valence-electron chi connectivity index (χ0n) is 9.89. The molecule has 1 aliphatic rings. The molecule has 0 unspecified atom stereocenters. The molecular formula is C13H20N2O. The molecule has 0 aromatic carbocycles. The van der Waals surface area contributed by atoms with Gasteiger partial charge in [0.1, 0.15) is 5.75 Å². The van der Waals surface area contributed by atoms with E-state index in [1.807, 2.05) is 6.07 Å². The molecule has 3 nitrogen and oxygen atoms in total. The lowest BCUT2D eigenvalue weighted by Crippen LogP contribution is -2.24. The van der Waals surface area contributed by atoms with Gasteiger partial charge >= 0.3 is 0 Å². The maximum Gasteiger partial charge on any atom is 0.133 e. The number of hydrogen-bond acceptors (Lipinski definition) is 3. The molecule has 0 aliphatic heterocycles. The average Bonchev–Trinajstić information content (AvgIpc) is 2.74. The molecular weight excluding hydrogens is 200 g/mol. The molecule has 1 heterocycles. The van der Waals surface area contributed by atoms with Crippen LogP contribution in [0.5, 0.6) is 5.75 Å². The maximum absolute atomic E-state index is 9.14. The molecule has 2 rings (SSSR count). The number of aromatic nitrogens is 1. The van der Waals surface area contributed by atoms with Gasteiger partial charge in [0.15, 0.2) is 0 Å². The van der Waals surface area contributed by atoms with Crippen LogP contribution in [-0.2, 0) is 6.54 Å². The Bertz CT molecular complexity index is 317. The second kappa shape index (κ2) is 5.30. The van der Waals surface area contributed by atoms with Crippen molar-refractivity contribution in [3.05, 3.63) is 24.0 Å².